The van der Waals surface area contributed by atoms with Crippen molar-refractivity contribution in [3.05, 3.63) is 35.9 Å². The van der Waals surface area contributed by atoms with E-state index in [0.29, 0.717) is 5.92 Å². The van der Waals surface area contributed by atoms with Crippen molar-refractivity contribution in [3.63, 3.8) is 0 Å². The number of hydrogen-bond donors (Lipinski definition) is 1. The maximum atomic E-state index is 12.5. The Morgan fingerprint density at radius 3 is 2.42 bits per heavy atom. The van der Waals surface area contributed by atoms with E-state index in [1.165, 1.54) is 5.56 Å². The molecule has 1 aliphatic rings. The summed E-state index contributed by atoms with van der Waals surface area (Å²) in [5.74, 6) is 0.953. The predicted octanol–water partition coefficient (Wildman–Crippen LogP) is 3.21. The second-order valence-electron chi connectivity index (χ2n) is 9.01. The Morgan fingerprint density at radius 1 is 1.23 bits per heavy atom. The number of amides is 1. The first kappa shape index (κ1) is 20.9. The van der Waals surface area contributed by atoms with Crippen LogP contribution in [0.25, 0.3) is 0 Å². The molecular formula is C22H37N3O. The molecule has 1 atom stereocenters. The summed E-state index contributed by atoms with van der Waals surface area (Å²) in [6.07, 6.45) is 1.95. The van der Waals surface area contributed by atoms with Crippen LogP contribution < -0.4 is 5.32 Å². The highest BCUT2D eigenvalue weighted by Crippen LogP contribution is 2.22. The average Bonchev–Trinajstić information content (AvgIpc) is 2.60. The molecule has 1 fully saturated rings. The van der Waals surface area contributed by atoms with Crippen LogP contribution >= 0.6 is 0 Å². The summed E-state index contributed by atoms with van der Waals surface area (Å²) in [5.41, 5.74) is 1.50. The van der Waals surface area contributed by atoms with Crippen LogP contribution in [0.3, 0.4) is 0 Å². The maximum Gasteiger partial charge on any atom is 0.223 e. The van der Waals surface area contributed by atoms with E-state index < -0.39 is 0 Å². The van der Waals surface area contributed by atoms with Crippen LogP contribution in [-0.2, 0) is 4.79 Å². The average molecular weight is 360 g/mol. The molecular weight excluding hydrogens is 322 g/mol. The maximum absolute atomic E-state index is 12.5. The minimum absolute atomic E-state index is 0.102. The normalized spacial score (nSPS) is 18.1. The predicted molar refractivity (Wildman–Crippen MR) is 109 cm³/mol. The molecule has 1 aromatic rings. The highest BCUT2D eigenvalue weighted by molar-refractivity contribution is 5.78. The number of rotatable bonds is 8. The fourth-order valence-corrected chi connectivity index (χ4v) is 4.03. The fraction of sp³-hybridized carbons (Fsp3) is 0.682. The van der Waals surface area contributed by atoms with E-state index >= 15 is 0 Å². The van der Waals surface area contributed by atoms with Crippen molar-refractivity contribution in [2.45, 2.75) is 39.5 Å². The van der Waals surface area contributed by atoms with Gasteiger partial charge in [0.1, 0.15) is 0 Å². The Labute approximate surface area is 159 Å². The van der Waals surface area contributed by atoms with Gasteiger partial charge in [-0.25, -0.2) is 0 Å². The van der Waals surface area contributed by atoms with E-state index in [1.807, 2.05) is 0 Å². The van der Waals surface area contributed by atoms with Gasteiger partial charge >= 0.3 is 0 Å². The third kappa shape index (κ3) is 6.73. The van der Waals surface area contributed by atoms with Crippen molar-refractivity contribution in [3.8, 4) is 0 Å². The molecule has 146 valence electrons. The van der Waals surface area contributed by atoms with Gasteiger partial charge in [-0.3, -0.25) is 4.79 Å². The molecule has 0 bridgehead atoms. The van der Waals surface area contributed by atoms with Crippen LogP contribution in [-0.4, -0.2) is 62.5 Å². The lowest BCUT2D eigenvalue weighted by atomic mass is 9.91. The van der Waals surface area contributed by atoms with Crippen molar-refractivity contribution >= 4 is 5.91 Å². The van der Waals surface area contributed by atoms with E-state index in [4.69, 9.17) is 0 Å². The van der Waals surface area contributed by atoms with Crippen molar-refractivity contribution in [1.29, 1.82) is 0 Å². The first-order valence-corrected chi connectivity index (χ1v) is 9.96. The minimum Gasteiger partial charge on any atom is -0.355 e. The molecule has 26 heavy (non-hydrogen) atoms. The molecule has 1 heterocycles. The second-order valence-corrected chi connectivity index (χ2v) is 9.01. The summed E-state index contributed by atoms with van der Waals surface area (Å²) in [6.45, 7) is 11.6. The lowest BCUT2D eigenvalue weighted by Gasteiger charge is -2.34. The molecule has 0 spiro atoms. The minimum atomic E-state index is 0.102. The molecule has 1 N–H and O–H groups in total. The molecule has 1 saturated heterocycles. The smallest absolute Gasteiger partial charge is 0.223 e. The molecule has 0 unspecified atom stereocenters. The van der Waals surface area contributed by atoms with Crippen LogP contribution in [0.15, 0.2) is 30.3 Å². The summed E-state index contributed by atoms with van der Waals surface area (Å²) < 4.78 is 0. The van der Waals surface area contributed by atoms with Crippen LogP contribution in [0.5, 0.6) is 0 Å². The largest absolute Gasteiger partial charge is 0.355 e. The zero-order valence-electron chi connectivity index (χ0n) is 17.3. The SMILES string of the molecule is C[C@@H](CN1CCC(C(=O)NCC(C)(C)CN(C)C)CC1)c1ccccc1. The number of hydrogen-bond acceptors (Lipinski definition) is 3. The summed E-state index contributed by atoms with van der Waals surface area (Å²) in [4.78, 5) is 17.2. The number of piperidine rings is 1. The lowest BCUT2D eigenvalue weighted by molar-refractivity contribution is -0.126. The van der Waals surface area contributed by atoms with E-state index in [1.54, 1.807) is 0 Å². The van der Waals surface area contributed by atoms with Crippen molar-refractivity contribution in [2.75, 3.05) is 46.8 Å². The van der Waals surface area contributed by atoms with Gasteiger partial charge in [-0.1, -0.05) is 51.1 Å². The number of likely N-dealkylation sites (tertiary alicyclic amines) is 1. The molecule has 0 aromatic heterocycles. The van der Waals surface area contributed by atoms with Crippen molar-refractivity contribution < 1.29 is 4.79 Å². The van der Waals surface area contributed by atoms with E-state index in [-0.39, 0.29) is 17.2 Å². The number of carbonyl (C=O) groups is 1. The molecule has 1 aromatic carbocycles. The highest BCUT2D eigenvalue weighted by Gasteiger charge is 2.27. The highest BCUT2D eigenvalue weighted by atomic mass is 16.1. The van der Waals surface area contributed by atoms with Crippen molar-refractivity contribution in [2.24, 2.45) is 11.3 Å². The summed E-state index contributed by atoms with van der Waals surface area (Å²) >= 11 is 0. The Kier molecular flexibility index (Phi) is 7.66. The Balaban J connectivity index is 1.73. The van der Waals surface area contributed by atoms with Gasteiger partial charge in [-0.05, 0) is 56.9 Å². The molecule has 4 nitrogen and oxygen atoms in total. The standard InChI is InChI=1S/C22H37N3O/c1-18(19-9-7-6-8-10-19)15-25-13-11-20(12-14-25)21(26)23-16-22(2,3)17-24(4)5/h6-10,18,20H,11-17H2,1-5H3,(H,23,26)/t18-/m0/s1. The molecule has 2 rings (SSSR count). The van der Waals surface area contributed by atoms with Gasteiger partial charge in [0.25, 0.3) is 0 Å². The zero-order chi connectivity index (χ0) is 19.2. The monoisotopic (exact) mass is 359 g/mol. The fourth-order valence-electron chi connectivity index (χ4n) is 4.03. The number of nitrogens with zero attached hydrogens (tertiary/aromatic N) is 2. The quantitative estimate of drug-likeness (QED) is 0.774. The molecule has 0 saturated carbocycles. The third-order valence-corrected chi connectivity index (χ3v) is 5.34. The third-order valence-electron chi connectivity index (χ3n) is 5.34. The van der Waals surface area contributed by atoms with Gasteiger partial charge in [0, 0.05) is 25.6 Å². The molecule has 1 amide bonds. The summed E-state index contributed by atoms with van der Waals surface area (Å²) in [5, 5.41) is 3.20. The van der Waals surface area contributed by atoms with Gasteiger partial charge in [-0.15, -0.1) is 0 Å². The summed E-state index contributed by atoms with van der Waals surface area (Å²) in [6, 6.07) is 10.7. The second kappa shape index (κ2) is 9.52. The van der Waals surface area contributed by atoms with Gasteiger partial charge < -0.3 is 15.1 Å². The van der Waals surface area contributed by atoms with Gasteiger partial charge in [-0.2, -0.15) is 0 Å². The van der Waals surface area contributed by atoms with Crippen molar-refractivity contribution in [1.82, 2.24) is 15.1 Å². The Morgan fingerprint density at radius 2 is 1.85 bits per heavy atom. The topological polar surface area (TPSA) is 35.6 Å². The molecule has 1 aliphatic heterocycles. The number of benzene rings is 1. The van der Waals surface area contributed by atoms with E-state index in [2.05, 4.69) is 80.3 Å². The van der Waals surface area contributed by atoms with Gasteiger partial charge in [0.05, 0.1) is 0 Å². The van der Waals surface area contributed by atoms with Crippen LogP contribution in [0, 0.1) is 11.3 Å². The van der Waals surface area contributed by atoms with Crippen LogP contribution in [0.4, 0.5) is 0 Å². The Hall–Kier alpha value is -1.39. The van der Waals surface area contributed by atoms with E-state index in [0.717, 1.165) is 45.6 Å². The summed E-state index contributed by atoms with van der Waals surface area (Å²) in [7, 11) is 4.16. The van der Waals surface area contributed by atoms with Crippen LogP contribution in [0.1, 0.15) is 45.1 Å². The first-order chi connectivity index (χ1) is 12.3. The number of nitrogens with one attached hydrogen (secondary N) is 1. The Bertz CT molecular complexity index is 548. The lowest BCUT2D eigenvalue weighted by Crippen LogP contribution is -2.45. The first-order valence-electron chi connectivity index (χ1n) is 9.96. The van der Waals surface area contributed by atoms with Gasteiger partial charge in [0.15, 0.2) is 0 Å². The van der Waals surface area contributed by atoms with Gasteiger partial charge in [0.2, 0.25) is 5.91 Å². The molecule has 0 radical (unpaired) electrons. The zero-order valence-corrected chi connectivity index (χ0v) is 17.3. The number of carbonyl (C=O) groups excluding carboxylic acids is 1. The van der Waals surface area contributed by atoms with E-state index in [9.17, 15) is 4.79 Å². The molecule has 4 heteroatoms. The molecule has 0 aliphatic carbocycles. The van der Waals surface area contributed by atoms with Crippen LogP contribution in [0.2, 0.25) is 0 Å².